The lowest BCUT2D eigenvalue weighted by atomic mass is 9.99. The van der Waals surface area contributed by atoms with Gasteiger partial charge in [-0.05, 0) is 25.2 Å². The molecule has 6 heteroatoms. The SMILES string of the molecule is CCCCCCCCCCCC(=O)OC[C@H](COC(=O)CCCCCCCCCCCCCCCCC(C)CC)OC(=O)CCCCCCCCCCC. The molecule has 0 radical (unpaired) electrons. The van der Waals surface area contributed by atoms with E-state index in [-0.39, 0.29) is 31.1 Å². The van der Waals surface area contributed by atoms with Crippen molar-refractivity contribution < 1.29 is 28.6 Å². The topological polar surface area (TPSA) is 78.9 Å². The van der Waals surface area contributed by atoms with Gasteiger partial charge in [0, 0.05) is 19.3 Å². The van der Waals surface area contributed by atoms with E-state index in [2.05, 4.69) is 27.7 Å². The van der Waals surface area contributed by atoms with Gasteiger partial charge in [0.25, 0.3) is 0 Å². The van der Waals surface area contributed by atoms with Crippen molar-refractivity contribution in [3.63, 3.8) is 0 Å². The van der Waals surface area contributed by atoms with E-state index in [0.717, 1.165) is 63.7 Å². The van der Waals surface area contributed by atoms with Gasteiger partial charge in [-0.25, -0.2) is 0 Å². The van der Waals surface area contributed by atoms with Crippen LogP contribution >= 0.6 is 0 Å². The Morgan fingerprint density at radius 3 is 0.963 bits per heavy atom. The van der Waals surface area contributed by atoms with Gasteiger partial charge in [-0.1, -0.05) is 227 Å². The molecule has 0 heterocycles. The number of carbonyl (C=O) groups is 3. The van der Waals surface area contributed by atoms with Crippen LogP contribution in [0.2, 0.25) is 0 Å². The Labute approximate surface area is 336 Å². The van der Waals surface area contributed by atoms with Gasteiger partial charge in [0.2, 0.25) is 0 Å². The Morgan fingerprint density at radius 1 is 0.370 bits per heavy atom. The zero-order valence-electron chi connectivity index (χ0n) is 36.7. The van der Waals surface area contributed by atoms with Gasteiger partial charge in [-0.2, -0.15) is 0 Å². The molecule has 0 aliphatic heterocycles. The summed E-state index contributed by atoms with van der Waals surface area (Å²) in [5.74, 6) is 0.0399. The van der Waals surface area contributed by atoms with Crippen molar-refractivity contribution in [1.29, 1.82) is 0 Å². The van der Waals surface area contributed by atoms with Crippen LogP contribution in [0, 0.1) is 5.92 Å². The second-order valence-electron chi connectivity index (χ2n) is 16.6. The fourth-order valence-corrected chi connectivity index (χ4v) is 7.12. The molecular formula is C48H92O6. The molecule has 0 aromatic rings. The van der Waals surface area contributed by atoms with Crippen molar-refractivity contribution in [3.8, 4) is 0 Å². The minimum atomic E-state index is -0.758. The molecule has 0 aromatic heterocycles. The molecule has 0 aliphatic carbocycles. The maximum Gasteiger partial charge on any atom is 0.306 e. The van der Waals surface area contributed by atoms with Crippen LogP contribution in [0.15, 0.2) is 0 Å². The molecule has 0 fully saturated rings. The second-order valence-corrected chi connectivity index (χ2v) is 16.6. The number of ether oxygens (including phenoxy) is 3. The predicted octanol–water partition coefficient (Wildman–Crippen LogP) is 15.1. The van der Waals surface area contributed by atoms with Crippen LogP contribution in [-0.2, 0) is 28.6 Å². The first-order valence-electron chi connectivity index (χ1n) is 23.9. The van der Waals surface area contributed by atoms with Crippen LogP contribution in [0.1, 0.15) is 265 Å². The highest BCUT2D eigenvalue weighted by Crippen LogP contribution is 2.17. The summed E-state index contributed by atoms with van der Waals surface area (Å²) in [4.78, 5) is 37.6. The summed E-state index contributed by atoms with van der Waals surface area (Å²) in [7, 11) is 0. The highest BCUT2D eigenvalue weighted by molar-refractivity contribution is 5.71. The van der Waals surface area contributed by atoms with Gasteiger partial charge < -0.3 is 14.2 Å². The van der Waals surface area contributed by atoms with Gasteiger partial charge >= 0.3 is 17.9 Å². The van der Waals surface area contributed by atoms with Crippen LogP contribution in [0.25, 0.3) is 0 Å². The number of hydrogen-bond donors (Lipinski definition) is 0. The Hall–Kier alpha value is -1.59. The molecule has 2 atom stereocenters. The third-order valence-corrected chi connectivity index (χ3v) is 11.2. The zero-order valence-corrected chi connectivity index (χ0v) is 36.7. The molecule has 1 unspecified atom stereocenters. The monoisotopic (exact) mass is 765 g/mol. The lowest BCUT2D eigenvalue weighted by Crippen LogP contribution is -2.30. The molecule has 0 amide bonds. The van der Waals surface area contributed by atoms with E-state index in [4.69, 9.17) is 14.2 Å². The molecule has 0 bridgehead atoms. The third-order valence-electron chi connectivity index (χ3n) is 11.2. The van der Waals surface area contributed by atoms with E-state index in [0.29, 0.717) is 19.3 Å². The Bertz CT molecular complexity index is 813. The van der Waals surface area contributed by atoms with Crippen molar-refractivity contribution in [2.45, 2.75) is 271 Å². The van der Waals surface area contributed by atoms with Crippen molar-refractivity contribution in [1.82, 2.24) is 0 Å². The molecule has 54 heavy (non-hydrogen) atoms. The van der Waals surface area contributed by atoms with Crippen LogP contribution in [0.5, 0.6) is 0 Å². The number of esters is 3. The average Bonchev–Trinajstić information content (AvgIpc) is 3.17. The lowest BCUT2D eigenvalue weighted by molar-refractivity contribution is -0.167. The fraction of sp³-hybridized carbons (Fsp3) is 0.938. The van der Waals surface area contributed by atoms with E-state index < -0.39 is 6.10 Å². The molecule has 0 rings (SSSR count). The average molecular weight is 765 g/mol. The summed E-state index contributed by atoms with van der Waals surface area (Å²) < 4.78 is 16.7. The summed E-state index contributed by atoms with van der Waals surface area (Å²) in [6.07, 6.45) is 42.3. The van der Waals surface area contributed by atoms with Gasteiger partial charge in [-0.3, -0.25) is 14.4 Å². The molecule has 320 valence electrons. The first kappa shape index (κ1) is 52.4. The highest BCUT2D eigenvalue weighted by atomic mass is 16.6. The molecule has 0 N–H and O–H groups in total. The van der Waals surface area contributed by atoms with E-state index >= 15 is 0 Å². The summed E-state index contributed by atoms with van der Waals surface area (Å²) in [6, 6.07) is 0. The second kappa shape index (κ2) is 42.6. The summed E-state index contributed by atoms with van der Waals surface area (Å²) in [5.41, 5.74) is 0. The Morgan fingerprint density at radius 2 is 0.648 bits per heavy atom. The molecule has 0 aromatic carbocycles. The van der Waals surface area contributed by atoms with E-state index in [9.17, 15) is 14.4 Å². The van der Waals surface area contributed by atoms with Crippen LogP contribution in [0.4, 0.5) is 0 Å². The summed E-state index contributed by atoms with van der Waals surface area (Å²) >= 11 is 0. The minimum absolute atomic E-state index is 0.0636. The first-order valence-corrected chi connectivity index (χ1v) is 23.9. The normalized spacial score (nSPS) is 12.4. The van der Waals surface area contributed by atoms with E-state index in [1.807, 2.05) is 0 Å². The van der Waals surface area contributed by atoms with Crippen molar-refractivity contribution in [3.05, 3.63) is 0 Å². The maximum atomic E-state index is 12.7. The number of hydrogen-bond acceptors (Lipinski definition) is 6. The smallest absolute Gasteiger partial charge is 0.306 e. The predicted molar refractivity (Wildman–Crippen MR) is 229 cm³/mol. The van der Waals surface area contributed by atoms with Crippen LogP contribution < -0.4 is 0 Å². The fourth-order valence-electron chi connectivity index (χ4n) is 7.12. The minimum Gasteiger partial charge on any atom is -0.462 e. The molecule has 0 aliphatic rings. The molecular weight excluding hydrogens is 673 g/mol. The molecule has 6 nitrogen and oxygen atoms in total. The maximum absolute atomic E-state index is 12.7. The van der Waals surface area contributed by atoms with Gasteiger partial charge in [0.05, 0.1) is 0 Å². The van der Waals surface area contributed by atoms with Crippen molar-refractivity contribution >= 4 is 17.9 Å². The van der Waals surface area contributed by atoms with Crippen molar-refractivity contribution in [2.75, 3.05) is 13.2 Å². The highest BCUT2D eigenvalue weighted by Gasteiger charge is 2.19. The standard InChI is InChI=1S/C48H92O6/c1-5-8-10-12-14-22-27-31-35-39-46(49)52-42-45(54-48(51)41-37-33-29-23-15-13-11-9-6-2)43-53-47(50)40-36-32-28-25-21-19-17-16-18-20-24-26-30-34-38-44(4)7-3/h44-45H,5-43H2,1-4H3/t44?,45-/m1/s1. The largest absolute Gasteiger partial charge is 0.462 e. The van der Waals surface area contributed by atoms with Gasteiger partial charge in [0.1, 0.15) is 13.2 Å². The van der Waals surface area contributed by atoms with Crippen LogP contribution in [0.3, 0.4) is 0 Å². The number of unbranched alkanes of at least 4 members (excludes halogenated alkanes) is 29. The molecule has 0 saturated carbocycles. The lowest BCUT2D eigenvalue weighted by Gasteiger charge is -2.18. The third kappa shape index (κ3) is 40.1. The zero-order chi connectivity index (χ0) is 39.6. The van der Waals surface area contributed by atoms with E-state index in [1.54, 1.807) is 0 Å². The van der Waals surface area contributed by atoms with Crippen molar-refractivity contribution in [2.24, 2.45) is 5.92 Å². The van der Waals surface area contributed by atoms with Crippen LogP contribution in [-0.4, -0.2) is 37.2 Å². The molecule has 0 spiro atoms. The Balaban J connectivity index is 4.20. The van der Waals surface area contributed by atoms with Gasteiger partial charge in [-0.15, -0.1) is 0 Å². The Kier molecular flexibility index (Phi) is 41.3. The quantitative estimate of drug-likeness (QED) is 0.0349. The number of rotatable bonds is 43. The van der Waals surface area contributed by atoms with E-state index in [1.165, 1.54) is 161 Å². The number of carbonyl (C=O) groups excluding carboxylic acids is 3. The molecule has 0 saturated heterocycles. The first-order chi connectivity index (χ1) is 26.4. The summed E-state index contributed by atoms with van der Waals surface area (Å²) in [5, 5.41) is 0. The summed E-state index contributed by atoms with van der Waals surface area (Å²) in [6.45, 7) is 9.01. The van der Waals surface area contributed by atoms with Gasteiger partial charge in [0.15, 0.2) is 6.10 Å².